The van der Waals surface area contributed by atoms with Crippen LogP contribution in [0.3, 0.4) is 0 Å². The highest BCUT2D eigenvalue weighted by atomic mass is 32.2. The quantitative estimate of drug-likeness (QED) is 0.501. The predicted octanol–water partition coefficient (Wildman–Crippen LogP) is 1.68. The highest BCUT2D eigenvalue weighted by molar-refractivity contribution is 7.89. The van der Waals surface area contributed by atoms with Crippen LogP contribution >= 0.6 is 0 Å². The number of sulfonamides is 1. The fourth-order valence-corrected chi connectivity index (χ4v) is 3.90. The number of rotatable bonds is 6. The smallest absolute Gasteiger partial charge is 0.408 e. The molecule has 0 aliphatic heterocycles. The first-order chi connectivity index (χ1) is 12.5. The summed E-state index contributed by atoms with van der Waals surface area (Å²) in [7, 11) is -3.68. The van der Waals surface area contributed by atoms with Gasteiger partial charge in [0.25, 0.3) is 0 Å². The summed E-state index contributed by atoms with van der Waals surface area (Å²) in [6, 6.07) is 10.1. The van der Waals surface area contributed by atoms with E-state index in [4.69, 9.17) is 4.42 Å². The Hall–Kier alpha value is -2.91. The van der Waals surface area contributed by atoms with Crippen molar-refractivity contribution in [1.82, 2.24) is 19.1 Å². The van der Waals surface area contributed by atoms with E-state index >= 15 is 0 Å². The van der Waals surface area contributed by atoms with E-state index < -0.39 is 15.8 Å². The molecular formula is C17H16N4O4S. The van der Waals surface area contributed by atoms with Gasteiger partial charge in [0, 0.05) is 25.2 Å². The van der Waals surface area contributed by atoms with Crippen molar-refractivity contribution in [2.75, 3.05) is 6.54 Å². The molecule has 134 valence electrons. The lowest BCUT2D eigenvalue weighted by Crippen LogP contribution is -2.25. The SMILES string of the molecule is O=c1[nH]c2ccc(S(=O)(=O)NCCCc3ncc4ccccn34)cc2o1. The van der Waals surface area contributed by atoms with Crippen LogP contribution in [0, 0.1) is 0 Å². The van der Waals surface area contributed by atoms with Gasteiger partial charge in [-0.05, 0) is 30.7 Å². The maximum Gasteiger partial charge on any atom is 0.417 e. The van der Waals surface area contributed by atoms with Gasteiger partial charge >= 0.3 is 5.76 Å². The summed E-state index contributed by atoms with van der Waals surface area (Å²) >= 11 is 0. The largest absolute Gasteiger partial charge is 0.417 e. The van der Waals surface area contributed by atoms with Crippen LogP contribution in [-0.4, -0.2) is 29.3 Å². The predicted molar refractivity (Wildman–Crippen MR) is 95.5 cm³/mol. The lowest BCUT2D eigenvalue weighted by atomic mass is 10.3. The van der Waals surface area contributed by atoms with Gasteiger partial charge in [-0.25, -0.2) is 22.9 Å². The summed E-state index contributed by atoms with van der Waals surface area (Å²) in [4.78, 5) is 18.1. The van der Waals surface area contributed by atoms with Gasteiger partial charge in [-0.2, -0.15) is 0 Å². The first-order valence-corrected chi connectivity index (χ1v) is 9.55. The van der Waals surface area contributed by atoms with Crippen molar-refractivity contribution in [3.63, 3.8) is 0 Å². The minimum atomic E-state index is -3.68. The molecule has 26 heavy (non-hydrogen) atoms. The van der Waals surface area contributed by atoms with Crippen molar-refractivity contribution in [3.8, 4) is 0 Å². The van der Waals surface area contributed by atoms with Crippen LogP contribution in [0.5, 0.6) is 0 Å². The molecule has 0 fully saturated rings. The summed E-state index contributed by atoms with van der Waals surface area (Å²) in [5.41, 5.74) is 1.67. The number of H-pyrrole nitrogens is 1. The third-order valence-corrected chi connectivity index (χ3v) is 5.55. The molecule has 0 spiro atoms. The second kappa shape index (κ2) is 6.43. The van der Waals surface area contributed by atoms with Crippen molar-refractivity contribution >= 4 is 26.6 Å². The average Bonchev–Trinajstić information content (AvgIpc) is 3.20. The number of aromatic amines is 1. The third kappa shape index (κ3) is 3.14. The maximum atomic E-state index is 12.4. The zero-order valence-electron chi connectivity index (χ0n) is 13.7. The molecule has 9 heteroatoms. The van der Waals surface area contributed by atoms with Gasteiger partial charge < -0.3 is 8.82 Å². The molecule has 1 aromatic carbocycles. The molecule has 0 bridgehead atoms. The Kier molecular flexibility index (Phi) is 4.09. The highest BCUT2D eigenvalue weighted by Gasteiger charge is 2.15. The first kappa shape index (κ1) is 16.6. The lowest BCUT2D eigenvalue weighted by Gasteiger charge is -2.06. The Morgan fingerprint density at radius 1 is 1.23 bits per heavy atom. The number of aromatic nitrogens is 3. The van der Waals surface area contributed by atoms with Crippen LogP contribution in [0.15, 0.2) is 62.9 Å². The zero-order valence-corrected chi connectivity index (χ0v) is 14.5. The molecule has 0 atom stereocenters. The molecule has 0 radical (unpaired) electrons. The average molecular weight is 372 g/mol. The van der Waals surface area contributed by atoms with Crippen molar-refractivity contribution < 1.29 is 12.8 Å². The maximum absolute atomic E-state index is 12.4. The van der Waals surface area contributed by atoms with Crippen molar-refractivity contribution in [3.05, 3.63) is 65.2 Å². The van der Waals surface area contributed by atoms with Crippen LogP contribution in [0.2, 0.25) is 0 Å². The van der Waals surface area contributed by atoms with E-state index in [2.05, 4.69) is 14.7 Å². The fraction of sp³-hybridized carbons (Fsp3) is 0.176. The number of aryl methyl sites for hydroxylation is 1. The van der Waals surface area contributed by atoms with Crippen molar-refractivity contribution in [2.45, 2.75) is 17.7 Å². The van der Waals surface area contributed by atoms with Gasteiger partial charge in [-0.3, -0.25) is 4.98 Å². The van der Waals surface area contributed by atoms with E-state index in [1.165, 1.54) is 18.2 Å². The number of hydrogen-bond donors (Lipinski definition) is 2. The topological polar surface area (TPSA) is 109 Å². The van der Waals surface area contributed by atoms with Gasteiger partial charge in [-0.15, -0.1) is 0 Å². The minimum absolute atomic E-state index is 0.0546. The molecule has 0 amide bonds. The normalized spacial score (nSPS) is 12.2. The highest BCUT2D eigenvalue weighted by Crippen LogP contribution is 2.16. The van der Waals surface area contributed by atoms with Crippen molar-refractivity contribution in [2.24, 2.45) is 0 Å². The summed E-state index contributed by atoms with van der Waals surface area (Å²) in [6.07, 6.45) is 4.97. The summed E-state index contributed by atoms with van der Waals surface area (Å²) in [5.74, 6) is 0.268. The van der Waals surface area contributed by atoms with Gasteiger partial charge in [-0.1, -0.05) is 6.07 Å². The van der Waals surface area contributed by atoms with Gasteiger partial charge in [0.1, 0.15) is 5.82 Å². The van der Waals surface area contributed by atoms with Crippen LogP contribution < -0.4 is 10.5 Å². The second-order valence-electron chi connectivity index (χ2n) is 5.84. The molecular weight excluding hydrogens is 356 g/mol. The number of hydrogen-bond acceptors (Lipinski definition) is 5. The molecule has 8 nitrogen and oxygen atoms in total. The summed E-state index contributed by atoms with van der Waals surface area (Å²) in [6.45, 7) is 0.277. The molecule has 3 heterocycles. The summed E-state index contributed by atoms with van der Waals surface area (Å²) < 4.78 is 34.2. The molecule has 0 unspecified atom stereocenters. The van der Waals surface area contributed by atoms with E-state index in [1.807, 2.05) is 28.8 Å². The molecule has 0 saturated carbocycles. The number of fused-ring (bicyclic) bond motifs is 2. The van der Waals surface area contributed by atoms with E-state index in [0.29, 0.717) is 18.4 Å². The van der Waals surface area contributed by atoms with E-state index in [-0.39, 0.29) is 17.0 Å². The Balaban J connectivity index is 1.42. The number of benzene rings is 1. The molecule has 4 aromatic rings. The zero-order chi connectivity index (χ0) is 18.1. The Labute approximate surface area is 148 Å². The second-order valence-corrected chi connectivity index (χ2v) is 7.61. The Morgan fingerprint density at radius 3 is 3.00 bits per heavy atom. The molecule has 0 saturated heterocycles. The first-order valence-electron chi connectivity index (χ1n) is 8.06. The number of nitrogens with one attached hydrogen (secondary N) is 2. The van der Waals surface area contributed by atoms with Gasteiger partial charge in [0.15, 0.2) is 5.58 Å². The van der Waals surface area contributed by atoms with Gasteiger partial charge in [0.05, 0.1) is 22.1 Å². The number of oxazole rings is 1. The Bertz CT molecular complexity index is 1240. The van der Waals surface area contributed by atoms with Crippen molar-refractivity contribution in [1.29, 1.82) is 0 Å². The third-order valence-electron chi connectivity index (χ3n) is 4.09. The number of pyridine rings is 1. The van der Waals surface area contributed by atoms with Crippen LogP contribution in [0.25, 0.3) is 16.6 Å². The van der Waals surface area contributed by atoms with Gasteiger partial charge in [0.2, 0.25) is 10.0 Å². The van der Waals surface area contributed by atoms with E-state index in [9.17, 15) is 13.2 Å². The van der Waals surface area contributed by atoms with Crippen LogP contribution in [0.1, 0.15) is 12.2 Å². The fourth-order valence-electron chi connectivity index (χ4n) is 2.81. The number of nitrogens with zero attached hydrogens (tertiary/aromatic N) is 2. The summed E-state index contributed by atoms with van der Waals surface area (Å²) in [5, 5.41) is 0. The lowest BCUT2D eigenvalue weighted by molar-refractivity contribution is 0.553. The van der Waals surface area contributed by atoms with Crippen LogP contribution in [0.4, 0.5) is 0 Å². The molecule has 0 aliphatic carbocycles. The molecule has 3 aromatic heterocycles. The molecule has 0 aliphatic rings. The minimum Gasteiger partial charge on any atom is -0.408 e. The number of imidazole rings is 1. The van der Waals surface area contributed by atoms with E-state index in [1.54, 1.807) is 6.20 Å². The molecule has 4 rings (SSSR count). The van der Waals surface area contributed by atoms with Crippen LogP contribution in [-0.2, 0) is 16.4 Å². The standard InChI is InChI=1S/C17H16N4O4S/c22-17-20-14-7-6-13(10-15(14)25-17)26(23,24)19-8-3-5-16-18-11-12-4-1-2-9-21(12)16/h1-2,4,6-7,9-11,19H,3,5,8H2,(H,20,22). The monoisotopic (exact) mass is 372 g/mol. The van der Waals surface area contributed by atoms with E-state index in [0.717, 1.165) is 11.3 Å². The molecule has 2 N–H and O–H groups in total. The Morgan fingerprint density at radius 2 is 2.12 bits per heavy atom.